The third-order valence-corrected chi connectivity index (χ3v) is 2.52. The molecule has 2 rings (SSSR count). The van der Waals surface area contributed by atoms with Gasteiger partial charge in [-0.1, -0.05) is 19.9 Å². The number of rotatable bonds is 1. The predicted octanol–water partition coefficient (Wildman–Crippen LogP) is 3.00. The summed E-state index contributed by atoms with van der Waals surface area (Å²) < 4.78 is 0. The Balaban J connectivity index is 2.43. The van der Waals surface area contributed by atoms with Crippen molar-refractivity contribution >= 4 is 5.57 Å². The van der Waals surface area contributed by atoms with Gasteiger partial charge in [0, 0.05) is 11.9 Å². The lowest BCUT2D eigenvalue weighted by Crippen LogP contribution is -2.02. The second kappa shape index (κ2) is 2.81. The van der Waals surface area contributed by atoms with Gasteiger partial charge in [0.25, 0.3) is 0 Å². The van der Waals surface area contributed by atoms with Crippen LogP contribution in [0.2, 0.25) is 0 Å². The average Bonchev–Trinajstić information content (AvgIpc) is 2.49. The molecule has 12 heavy (non-hydrogen) atoms. The summed E-state index contributed by atoms with van der Waals surface area (Å²) in [4.78, 5) is 3.30. The Morgan fingerprint density at radius 1 is 1.42 bits per heavy atom. The van der Waals surface area contributed by atoms with Crippen molar-refractivity contribution in [3.63, 3.8) is 0 Å². The number of allylic oxidation sites excluding steroid dienone is 2. The largest absolute Gasteiger partial charge is 0.364 e. The summed E-state index contributed by atoms with van der Waals surface area (Å²) in [6, 6.07) is 2.19. The van der Waals surface area contributed by atoms with Crippen LogP contribution >= 0.6 is 0 Å². The zero-order valence-corrected chi connectivity index (χ0v) is 7.72. The van der Waals surface area contributed by atoms with Gasteiger partial charge in [-0.25, -0.2) is 0 Å². The normalized spacial score (nSPS) is 16.1. The van der Waals surface area contributed by atoms with Gasteiger partial charge in [-0.2, -0.15) is 0 Å². The lowest BCUT2D eigenvalue weighted by atomic mass is 9.89. The first-order chi connectivity index (χ1) is 5.79. The van der Waals surface area contributed by atoms with E-state index in [4.69, 9.17) is 0 Å². The van der Waals surface area contributed by atoms with Crippen molar-refractivity contribution < 1.29 is 0 Å². The van der Waals surface area contributed by atoms with Crippen molar-refractivity contribution in [1.29, 1.82) is 0 Å². The number of aryl methyl sites for hydroxylation is 1. The second-order valence-electron chi connectivity index (χ2n) is 3.72. The van der Waals surface area contributed by atoms with Crippen molar-refractivity contribution in [3.8, 4) is 0 Å². The monoisotopic (exact) mass is 161 g/mol. The molecule has 0 atom stereocenters. The Kier molecular flexibility index (Phi) is 1.80. The lowest BCUT2D eigenvalue weighted by Gasteiger charge is -2.16. The van der Waals surface area contributed by atoms with Gasteiger partial charge in [-0.05, 0) is 36.0 Å². The van der Waals surface area contributed by atoms with Gasteiger partial charge < -0.3 is 4.98 Å². The predicted molar refractivity (Wildman–Crippen MR) is 51.9 cm³/mol. The first kappa shape index (κ1) is 7.66. The van der Waals surface area contributed by atoms with E-state index in [2.05, 4.69) is 31.0 Å². The molecule has 1 heterocycles. The molecule has 0 fully saturated rings. The summed E-state index contributed by atoms with van der Waals surface area (Å²) >= 11 is 0. The van der Waals surface area contributed by atoms with E-state index in [1.54, 1.807) is 0 Å². The minimum absolute atomic E-state index is 0.653. The third kappa shape index (κ3) is 1.09. The molecule has 0 radical (unpaired) electrons. The van der Waals surface area contributed by atoms with Crippen LogP contribution in [-0.2, 0) is 6.42 Å². The Hall–Kier alpha value is -0.980. The Bertz CT molecular complexity index is 305. The fraction of sp³-hybridized carbons (Fsp3) is 0.455. The number of aromatic nitrogens is 1. The van der Waals surface area contributed by atoms with Crippen LogP contribution in [0, 0.1) is 5.92 Å². The van der Waals surface area contributed by atoms with Crippen molar-refractivity contribution in [1.82, 2.24) is 4.98 Å². The van der Waals surface area contributed by atoms with E-state index in [0.717, 1.165) is 0 Å². The topological polar surface area (TPSA) is 15.8 Å². The van der Waals surface area contributed by atoms with Crippen LogP contribution in [0.3, 0.4) is 0 Å². The van der Waals surface area contributed by atoms with Crippen LogP contribution in [0.25, 0.3) is 5.57 Å². The minimum Gasteiger partial charge on any atom is -0.364 e. The van der Waals surface area contributed by atoms with E-state index in [1.165, 1.54) is 29.7 Å². The summed E-state index contributed by atoms with van der Waals surface area (Å²) in [5.74, 6) is 0.653. The molecule has 0 spiro atoms. The van der Waals surface area contributed by atoms with E-state index < -0.39 is 0 Å². The van der Waals surface area contributed by atoms with E-state index in [0.29, 0.717) is 5.92 Å². The van der Waals surface area contributed by atoms with Crippen molar-refractivity contribution in [2.45, 2.75) is 26.7 Å². The smallest absolute Gasteiger partial charge is 0.0226 e. The maximum Gasteiger partial charge on any atom is 0.0226 e. The highest BCUT2D eigenvalue weighted by Crippen LogP contribution is 2.30. The molecule has 0 saturated heterocycles. The molecular formula is C11H15N. The van der Waals surface area contributed by atoms with Gasteiger partial charge in [0.2, 0.25) is 0 Å². The van der Waals surface area contributed by atoms with Gasteiger partial charge in [-0.3, -0.25) is 0 Å². The number of hydrogen-bond donors (Lipinski definition) is 1. The molecule has 1 nitrogen and oxygen atoms in total. The molecule has 0 aliphatic heterocycles. The van der Waals surface area contributed by atoms with Gasteiger partial charge in [0.1, 0.15) is 0 Å². The zero-order valence-electron chi connectivity index (χ0n) is 7.72. The van der Waals surface area contributed by atoms with Crippen LogP contribution in [0.4, 0.5) is 0 Å². The van der Waals surface area contributed by atoms with Crippen LogP contribution in [0.1, 0.15) is 31.5 Å². The maximum absolute atomic E-state index is 3.30. The number of nitrogens with one attached hydrogen (secondary N) is 1. The molecule has 1 aliphatic rings. The zero-order chi connectivity index (χ0) is 8.55. The molecule has 0 aromatic carbocycles. The summed E-state index contributed by atoms with van der Waals surface area (Å²) in [5, 5.41) is 0. The summed E-state index contributed by atoms with van der Waals surface area (Å²) in [6.45, 7) is 4.52. The molecule has 0 bridgehead atoms. The lowest BCUT2D eigenvalue weighted by molar-refractivity contribution is 0.824. The fourth-order valence-corrected chi connectivity index (χ4v) is 1.91. The molecule has 0 saturated carbocycles. The number of H-pyrrole nitrogens is 1. The maximum atomic E-state index is 3.30. The van der Waals surface area contributed by atoms with Gasteiger partial charge in [-0.15, -0.1) is 0 Å². The molecular weight excluding hydrogens is 146 g/mol. The molecule has 0 amide bonds. The Morgan fingerprint density at radius 2 is 2.25 bits per heavy atom. The first-order valence-corrected chi connectivity index (χ1v) is 4.65. The first-order valence-electron chi connectivity index (χ1n) is 4.65. The highest BCUT2D eigenvalue weighted by Gasteiger charge is 2.14. The highest BCUT2D eigenvalue weighted by atomic mass is 14.7. The van der Waals surface area contributed by atoms with Crippen LogP contribution in [0.5, 0.6) is 0 Å². The quantitative estimate of drug-likeness (QED) is 0.651. The van der Waals surface area contributed by atoms with Crippen LogP contribution in [-0.4, -0.2) is 4.98 Å². The van der Waals surface area contributed by atoms with Gasteiger partial charge >= 0.3 is 0 Å². The average molecular weight is 161 g/mol. The van der Waals surface area contributed by atoms with E-state index in [9.17, 15) is 0 Å². The van der Waals surface area contributed by atoms with Crippen molar-refractivity contribution in [2.24, 2.45) is 5.92 Å². The van der Waals surface area contributed by atoms with Crippen molar-refractivity contribution in [2.75, 3.05) is 0 Å². The Morgan fingerprint density at radius 3 is 3.00 bits per heavy atom. The molecule has 1 N–H and O–H groups in total. The molecule has 1 heteroatoms. The standard InChI is InChI=1S/C11H15N/c1-8(2)9-4-3-5-11-10(9)6-7-12-11/h4,6-8,12H,3,5H2,1-2H3. The van der Waals surface area contributed by atoms with E-state index in [-0.39, 0.29) is 0 Å². The number of fused-ring (bicyclic) bond motifs is 1. The van der Waals surface area contributed by atoms with E-state index >= 15 is 0 Å². The molecule has 0 unspecified atom stereocenters. The van der Waals surface area contributed by atoms with Crippen LogP contribution in [0.15, 0.2) is 18.3 Å². The van der Waals surface area contributed by atoms with Crippen LogP contribution < -0.4 is 0 Å². The van der Waals surface area contributed by atoms with Gasteiger partial charge in [0.05, 0.1) is 0 Å². The third-order valence-electron chi connectivity index (χ3n) is 2.52. The highest BCUT2D eigenvalue weighted by molar-refractivity contribution is 5.70. The molecule has 1 aromatic rings. The van der Waals surface area contributed by atoms with Gasteiger partial charge in [0.15, 0.2) is 0 Å². The summed E-state index contributed by atoms with van der Waals surface area (Å²) in [5.41, 5.74) is 4.37. The summed E-state index contributed by atoms with van der Waals surface area (Å²) in [7, 11) is 0. The summed E-state index contributed by atoms with van der Waals surface area (Å²) in [6.07, 6.45) is 6.80. The van der Waals surface area contributed by atoms with Crippen molar-refractivity contribution in [3.05, 3.63) is 29.6 Å². The number of hydrogen-bond acceptors (Lipinski definition) is 0. The fourth-order valence-electron chi connectivity index (χ4n) is 1.91. The Labute approximate surface area is 73.5 Å². The van der Waals surface area contributed by atoms with E-state index in [1.807, 2.05) is 6.20 Å². The number of aromatic amines is 1. The second-order valence-corrected chi connectivity index (χ2v) is 3.72. The minimum atomic E-state index is 0.653. The molecule has 64 valence electrons. The molecule has 1 aliphatic carbocycles. The molecule has 1 aromatic heterocycles. The SMILES string of the molecule is CC(C)C1=CCCc2[nH]ccc21.